The fraction of sp³-hybridized carbons (Fsp3) is 0.500. The molecule has 1 aromatic heterocycles. The summed E-state index contributed by atoms with van der Waals surface area (Å²) in [7, 11) is 0. The summed E-state index contributed by atoms with van der Waals surface area (Å²) in [6.07, 6.45) is -18.6. The van der Waals surface area contributed by atoms with Gasteiger partial charge in [0.15, 0.2) is 5.69 Å². The monoisotopic (exact) mass is 675 g/mol. The van der Waals surface area contributed by atoms with Crippen LogP contribution < -0.4 is 10.5 Å². The molecule has 1 unspecified atom stereocenters. The number of benzene rings is 1. The van der Waals surface area contributed by atoms with Crippen LogP contribution >= 0.6 is 27.5 Å². The first-order valence-electron chi connectivity index (χ1n) is 11.1. The Balaban J connectivity index is 3.27. The van der Waals surface area contributed by atoms with E-state index in [4.69, 9.17) is 21.1 Å². The summed E-state index contributed by atoms with van der Waals surface area (Å²) in [6.45, 7) is 4.27. The molecule has 0 fully saturated rings. The fourth-order valence-corrected chi connectivity index (χ4v) is 4.25. The van der Waals surface area contributed by atoms with Gasteiger partial charge in [0.05, 0.1) is 28.4 Å². The molecule has 224 valence electrons. The van der Waals surface area contributed by atoms with Crippen LogP contribution in [-0.4, -0.2) is 35.0 Å². The van der Waals surface area contributed by atoms with Crippen LogP contribution in [0.2, 0.25) is 5.02 Å². The van der Waals surface area contributed by atoms with Crippen LogP contribution in [0.5, 0.6) is 0 Å². The van der Waals surface area contributed by atoms with Crippen molar-refractivity contribution in [2.24, 2.45) is 0 Å². The molecule has 7 nitrogen and oxygen atoms in total. The molecule has 2 aromatic rings. The number of alkyl halides is 9. The van der Waals surface area contributed by atoms with Crippen LogP contribution in [0, 0.1) is 0 Å². The topological polar surface area (TPSA) is 73.7 Å². The molecule has 0 saturated heterocycles. The quantitative estimate of drug-likeness (QED) is 0.165. The second kappa shape index (κ2) is 12.1. The molecular weight excluding hydrogens is 657 g/mol. The van der Waals surface area contributed by atoms with E-state index >= 15 is 0 Å². The first-order chi connectivity index (χ1) is 18.2. The molecule has 0 amide bonds. The van der Waals surface area contributed by atoms with Gasteiger partial charge in [0.25, 0.3) is 5.56 Å². The molecule has 0 bridgehead atoms. The summed E-state index contributed by atoms with van der Waals surface area (Å²) < 4.78 is 134. The highest BCUT2D eigenvalue weighted by Gasteiger charge is 2.45. The second-order valence-electron chi connectivity index (χ2n) is 8.12. The van der Waals surface area contributed by atoms with Crippen molar-refractivity contribution in [1.29, 1.82) is 0 Å². The number of carbonyl (C=O) groups excluding carboxylic acids is 1. The summed E-state index contributed by atoms with van der Waals surface area (Å²) in [5, 5.41) is -1.45. The first-order valence-corrected chi connectivity index (χ1v) is 12.3. The zero-order valence-corrected chi connectivity index (χ0v) is 23.2. The van der Waals surface area contributed by atoms with Crippen LogP contribution in [0.1, 0.15) is 50.6 Å². The van der Waals surface area contributed by atoms with E-state index in [2.05, 4.69) is 20.9 Å². The van der Waals surface area contributed by atoms with Gasteiger partial charge in [-0.15, -0.1) is 0 Å². The van der Waals surface area contributed by atoms with Crippen molar-refractivity contribution in [2.45, 2.75) is 58.5 Å². The van der Waals surface area contributed by atoms with E-state index in [0.29, 0.717) is 4.57 Å². The number of aromatic nitrogens is 2. The third kappa shape index (κ3) is 7.02. The Hall–Kier alpha value is -2.53. The molecular formula is C22H20BrClF9N3O4. The van der Waals surface area contributed by atoms with Gasteiger partial charge in [-0.25, -0.2) is 9.78 Å². The van der Waals surface area contributed by atoms with Crippen molar-refractivity contribution in [1.82, 2.24) is 9.55 Å². The molecule has 1 atom stereocenters. The summed E-state index contributed by atoms with van der Waals surface area (Å²) in [6, 6.07) is -1.35. The van der Waals surface area contributed by atoms with E-state index in [-0.39, 0.29) is 23.6 Å². The van der Waals surface area contributed by atoms with E-state index < -0.39 is 86.9 Å². The van der Waals surface area contributed by atoms with Crippen LogP contribution in [0.4, 0.5) is 51.1 Å². The Labute approximate surface area is 233 Å². The van der Waals surface area contributed by atoms with Gasteiger partial charge >= 0.3 is 24.5 Å². The Bertz CT molecular complexity index is 1310. The standard InChI is InChI=1S/C22H20BrClF9N3O4/c1-5-39-17(18(38)40-6-2)36(12-8-10(20(25,26)27)7-11(14(12)24)21(28,29)30)19-34-15(22(31,32)33)13(23)16(37)35(19)9(3)4/h7-9,17H,5-6H2,1-4H3. The molecule has 2 rings (SSSR count). The minimum atomic E-state index is -5.49. The second-order valence-corrected chi connectivity index (χ2v) is 9.29. The third-order valence-electron chi connectivity index (χ3n) is 5.04. The lowest BCUT2D eigenvalue weighted by Gasteiger charge is -2.34. The maximum absolute atomic E-state index is 13.9. The third-order valence-corrected chi connectivity index (χ3v) is 6.15. The SMILES string of the molecule is CCOC(=O)C(OCC)N(c1cc(C(F)(F)F)cc(C(F)(F)F)c1Cl)c1nc(C(F)(F)F)c(Br)c(=O)n1C(C)C. The van der Waals surface area contributed by atoms with Crippen LogP contribution in [0.25, 0.3) is 0 Å². The van der Waals surface area contributed by atoms with Gasteiger partial charge in [-0.3, -0.25) is 14.3 Å². The Morgan fingerprint density at radius 3 is 2.02 bits per heavy atom. The number of carbonyl (C=O) groups is 1. The molecule has 0 spiro atoms. The molecule has 0 aliphatic carbocycles. The number of halogens is 11. The van der Waals surface area contributed by atoms with Gasteiger partial charge < -0.3 is 9.47 Å². The molecule has 0 N–H and O–H groups in total. The minimum absolute atomic E-state index is 0.0644. The molecule has 1 heterocycles. The Morgan fingerprint density at radius 2 is 1.60 bits per heavy atom. The number of esters is 1. The van der Waals surface area contributed by atoms with Gasteiger partial charge in [-0.05, 0) is 55.8 Å². The zero-order chi connectivity index (χ0) is 31.0. The van der Waals surface area contributed by atoms with Crippen molar-refractivity contribution >= 4 is 45.1 Å². The number of ether oxygens (including phenoxy) is 2. The highest BCUT2D eigenvalue weighted by atomic mass is 79.9. The van der Waals surface area contributed by atoms with Crippen molar-refractivity contribution < 1.29 is 53.8 Å². The van der Waals surface area contributed by atoms with Crippen LogP contribution in [-0.2, 0) is 32.8 Å². The fourth-order valence-electron chi connectivity index (χ4n) is 3.44. The van der Waals surface area contributed by atoms with E-state index in [9.17, 15) is 49.1 Å². The average Bonchev–Trinajstić information content (AvgIpc) is 2.79. The smallest absolute Gasteiger partial charge is 0.434 e. The normalized spacial score (nSPS) is 13.5. The van der Waals surface area contributed by atoms with Gasteiger partial charge in [0.2, 0.25) is 12.2 Å². The number of hydrogen-bond donors (Lipinski definition) is 0. The van der Waals surface area contributed by atoms with Gasteiger partial charge in [-0.2, -0.15) is 39.5 Å². The Kier molecular flexibility index (Phi) is 10.2. The molecule has 40 heavy (non-hydrogen) atoms. The summed E-state index contributed by atoms with van der Waals surface area (Å²) >= 11 is 8.44. The number of nitrogens with zero attached hydrogens (tertiary/aromatic N) is 3. The van der Waals surface area contributed by atoms with Crippen LogP contribution in [0.15, 0.2) is 21.4 Å². The lowest BCUT2D eigenvalue weighted by atomic mass is 10.1. The van der Waals surface area contributed by atoms with Crippen LogP contribution in [0.3, 0.4) is 0 Å². The van der Waals surface area contributed by atoms with Crippen molar-refractivity contribution in [3.8, 4) is 0 Å². The molecule has 0 aliphatic heterocycles. The summed E-state index contributed by atoms with van der Waals surface area (Å²) in [4.78, 5) is 29.5. The lowest BCUT2D eigenvalue weighted by Crippen LogP contribution is -2.45. The minimum Gasteiger partial charge on any atom is -0.463 e. The molecule has 1 aromatic carbocycles. The molecule has 0 radical (unpaired) electrons. The predicted molar refractivity (Wildman–Crippen MR) is 127 cm³/mol. The van der Waals surface area contributed by atoms with E-state index in [1.165, 1.54) is 27.7 Å². The lowest BCUT2D eigenvalue weighted by molar-refractivity contribution is -0.155. The summed E-state index contributed by atoms with van der Waals surface area (Å²) in [5.41, 5.74) is -8.54. The zero-order valence-electron chi connectivity index (χ0n) is 20.9. The predicted octanol–water partition coefficient (Wildman–Crippen LogP) is 7.36. The Morgan fingerprint density at radius 1 is 1.02 bits per heavy atom. The highest BCUT2D eigenvalue weighted by molar-refractivity contribution is 9.10. The maximum atomic E-state index is 13.9. The number of hydrogen-bond acceptors (Lipinski definition) is 6. The molecule has 0 saturated carbocycles. The van der Waals surface area contributed by atoms with Crippen molar-refractivity contribution in [3.63, 3.8) is 0 Å². The first kappa shape index (κ1) is 33.7. The van der Waals surface area contributed by atoms with E-state index in [0.717, 1.165) is 0 Å². The summed E-state index contributed by atoms with van der Waals surface area (Å²) in [5.74, 6) is -2.64. The average molecular weight is 677 g/mol. The van der Waals surface area contributed by atoms with E-state index in [1.54, 1.807) is 0 Å². The highest BCUT2D eigenvalue weighted by Crippen LogP contribution is 2.46. The number of rotatable bonds is 8. The molecule has 18 heteroatoms. The van der Waals surface area contributed by atoms with Gasteiger partial charge in [0.1, 0.15) is 4.47 Å². The molecule has 0 aliphatic rings. The maximum Gasteiger partial charge on any atom is 0.434 e. The van der Waals surface area contributed by atoms with E-state index in [1.807, 2.05) is 0 Å². The van der Waals surface area contributed by atoms with Crippen molar-refractivity contribution in [2.75, 3.05) is 18.1 Å². The van der Waals surface area contributed by atoms with Gasteiger partial charge in [0, 0.05) is 12.6 Å². The largest absolute Gasteiger partial charge is 0.463 e. The van der Waals surface area contributed by atoms with Gasteiger partial charge in [-0.1, -0.05) is 11.6 Å². The number of anilines is 2. The van der Waals surface area contributed by atoms with Crippen molar-refractivity contribution in [3.05, 3.63) is 48.8 Å².